The zero-order chi connectivity index (χ0) is 11.0. The molecule has 14 heavy (non-hydrogen) atoms. The van der Waals surface area contributed by atoms with Gasteiger partial charge in [-0.15, -0.1) is 0 Å². The van der Waals surface area contributed by atoms with Crippen molar-refractivity contribution >= 4 is 0 Å². The lowest BCUT2D eigenvalue weighted by Gasteiger charge is -2.08. The van der Waals surface area contributed by atoms with Crippen LogP contribution in [-0.4, -0.2) is 20.2 Å². The minimum atomic E-state index is 0.698. The molecule has 0 heterocycles. The Morgan fingerprint density at radius 2 is 2.14 bits per heavy atom. The topological polar surface area (TPSA) is 21.3 Å². The number of rotatable bonds is 7. The molecule has 0 saturated heterocycles. The van der Waals surface area contributed by atoms with Crippen LogP contribution in [0.3, 0.4) is 0 Å². The van der Waals surface area contributed by atoms with Crippen LogP contribution in [0.1, 0.15) is 27.2 Å². The highest BCUT2D eigenvalue weighted by molar-refractivity contribution is 5.17. The van der Waals surface area contributed by atoms with E-state index in [9.17, 15) is 0 Å². The maximum atomic E-state index is 5.54. The Kier molecular flexibility index (Phi) is 7.21. The minimum Gasteiger partial charge on any atom is -0.498 e. The third-order valence-electron chi connectivity index (χ3n) is 1.84. The second-order valence-electron chi connectivity index (χ2n) is 3.97. The van der Waals surface area contributed by atoms with Crippen molar-refractivity contribution in [2.75, 3.05) is 20.2 Å². The standard InChI is InChI=1S/C12H23NO/c1-10(2)6-7-14-12(4)8-11(3)9-13-5/h8,10,13H,3,6-7,9H2,1-2,4-5H3/b12-8+. The average Bonchev–Trinajstić information content (AvgIpc) is 2.03. The van der Waals surface area contributed by atoms with Crippen LogP contribution < -0.4 is 5.32 Å². The van der Waals surface area contributed by atoms with Crippen LogP contribution >= 0.6 is 0 Å². The first-order valence-electron chi connectivity index (χ1n) is 5.19. The summed E-state index contributed by atoms with van der Waals surface area (Å²) in [7, 11) is 1.91. The van der Waals surface area contributed by atoms with Crippen LogP contribution in [0.4, 0.5) is 0 Å². The number of allylic oxidation sites excluding steroid dienone is 1. The van der Waals surface area contributed by atoms with E-state index in [1.54, 1.807) is 0 Å². The Morgan fingerprint density at radius 1 is 1.50 bits per heavy atom. The molecular weight excluding hydrogens is 174 g/mol. The molecule has 2 heteroatoms. The van der Waals surface area contributed by atoms with Gasteiger partial charge in [0.25, 0.3) is 0 Å². The molecule has 1 N–H and O–H groups in total. The number of hydrogen-bond acceptors (Lipinski definition) is 2. The van der Waals surface area contributed by atoms with E-state index in [4.69, 9.17) is 4.74 Å². The molecule has 0 fully saturated rings. The van der Waals surface area contributed by atoms with Gasteiger partial charge in [0.1, 0.15) is 0 Å². The molecule has 0 aliphatic carbocycles. The SMILES string of the molecule is C=C(/C=C(\C)OCCC(C)C)CNC. The fourth-order valence-electron chi connectivity index (χ4n) is 1.06. The molecule has 0 radical (unpaired) electrons. The monoisotopic (exact) mass is 197 g/mol. The van der Waals surface area contributed by atoms with Crippen molar-refractivity contribution in [1.29, 1.82) is 0 Å². The summed E-state index contributed by atoms with van der Waals surface area (Å²) in [4.78, 5) is 0. The number of ether oxygens (including phenoxy) is 1. The lowest BCUT2D eigenvalue weighted by molar-refractivity contribution is 0.197. The first-order chi connectivity index (χ1) is 6.56. The molecule has 0 saturated carbocycles. The fourth-order valence-corrected chi connectivity index (χ4v) is 1.06. The average molecular weight is 197 g/mol. The summed E-state index contributed by atoms with van der Waals surface area (Å²) >= 11 is 0. The second kappa shape index (κ2) is 7.63. The van der Waals surface area contributed by atoms with Gasteiger partial charge >= 0.3 is 0 Å². The first kappa shape index (κ1) is 13.2. The van der Waals surface area contributed by atoms with Gasteiger partial charge in [-0.3, -0.25) is 0 Å². The second-order valence-corrected chi connectivity index (χ2v) is 3.97. The lowest BCUT2D eigenvalue weighted by atomic mass is 10.1. The van der Waals surface area contributed by atoms with Gasteiger partial charge in [-0.1, -0.05) is 20.4 Å². The molecule has 0 aromatic carbocycles. The maximum absolute atomic E-state index is 5.54. The molecule has 0 unspecified atom stereocenters. The van der Waals surface area contributed by atoms with E-state index in [1.807, 2.05) is 20.0 Å². The molecule has 0 aliphatic heterocycles. The van der Waals surface area contributed by atoms with E-state index in [1.165, 1.54) is 0 Å². The third-order valence-corrected chi connectivity index (χ3v) is 1.84. The highest BCUT2D eigenvalue weighted by Crippen LogP contribution is 2.05. The van der Waals surface area contributed by atoms with Crippen molar-refractivity contribution in [3.05, 3.63) is 24.0 Å². The Balaban J connectivity index is 3.71. The quantitative estimate of drug-likeness (QED) is 0.500. The van der Waals surface area contributed by atoms with Gasteiger partial charge in [0.05, 0.1) is 12.4 Å². The maximum Gasteiger partial charge on any atom is 0.0931 e. The Bertz CT molecular complexity index is 194. The van der Waals surface area contributed by atoms with Gasteiger partial charge in [0, 0.05) is 6.54 Å². The predicted octanol–water partition coefficient (Wildman–Crippen LogP) is 2.73. The summed E-state index contributed by atoms with van der Waals surface area (Å²) in [6.07, 6.45) is 3.08. The van der Waals surface area contributed by atoms with Crippen LogP contribution in [0.2, 0.25) is 0 Å². The molecule has 82 valence electrons. The zero-order valence-corrected chi connectivity index (χ0v) is 9.89. The third kappa shape index (κ3) is 7.87. The molecule has 0 rings (SSSR count). The fraction of sp³-hybridized carbons (Fsp3) is 0.667. The van der Waals surface area contributed by atoms with Gasteiger partial charge in [-0.2, -0.15) is 0 Å². The van der Waals surface area contributed by atoms with Crippen molar-refractivity contribution in [3.8, 4) is 0 Å². The van der Waals surface area contributed by atoms with Crippen molar-refractivity contribution in [1.82, 2.24) is 5.32 Å². The van der Waals surface area contributed by atoms with E-state index in [0.29, 0.717) is 5.92 Å². The number of likely N-dealkylation sites (N-methyl/N-ethyl adjacent to an activating group) is 1. The van der Waals surface area contributed by atoms with Crippen LogP contribution in [0.15, 0.2) is 24.0 Å². The summed E-state index contributed by atoms with van der Waals surface area (Å²) in [6.45, 7) is 11.9. The molecule has 0 atom stereocenters. The van der Waals surface area contributed by atoms with Crippen LogP contribution in [0, 0.1) is 5.92 Å². The number of hydrogen-bond donors (Lipinski definition) is 1. The van der Waals surface area contributed by atoms with Crippen LogP contribution in [-0.2, 0) is 4.74 Å². The van der Waals surface area contributed by atoms with E-state index in [0.717, 1.165) is 30.9 Å². The minimum absolute atomic E-state index is 0.698. The first-order valence-corrected chi connectivity index (χ1v) is 5.19. The molecular formula is C12H23NO. The predicted molar refractivity (Wildman–Crippen MR) is 62.2 cm³/mol. The molecule has 0 amide bonds. The van der Waals surface area contributed by atoms with Crippen molar-refractivity contribution in [2.24, 2.45) is 5.92 Å². The summed E-state index contributed by atoms with van der Waals surface area (Å²) in [6, 6.07) is 0. The number of nitrogens with one attached hydrogen (secondary N) is 1. The van der Waals surface area contributed by atoms with Gasteiger partial charge in [-0.05, 0) is 38.0 Å². The van der Waals surface area contributed by atoms with E-state index in [2.05, 4.69) is 25.7 Å². The van der Waals surface area contributed by atoms with E-state index >= 15 is 0 Å². The van der Waals surface area contributed by atoms with E-state index in [-0.39, 0.29) is 0 Å². The Labute approximate surface area is 88.0 Å². The molecule has 0 aliphatic rings. The van der Waals surface area contributed by atoms with Crippen molar-refractivity contribution < 1.29 is 4.74 Å². The van der Waals surface area contributed by atoms with Gasteiger partial charge in [0.2, 0.25) is 0 Å². The highest BCUT2D eigenvalue weighted by atomic mass is 16.5. The van der Waals surface area contributed by atoms with Gasteiger partial charge in [0.15, 0.2) is 0 Å². The highest BCUT2D eigenvalue weighted by Gasteiger charge is 1.95. The van der Waals surface area contributed by atoms with Gasteiger partial charge < -0.3 is 10.1 Å². The van der Waals surface area contributed by atoms with E-state index < -0.39 is 0 Å². The van der Waals surface area contributed by atoms with Crippen molar-refractivity contribution in [2.45, 2.75) is 27.2 Å². The summed E-state index contributed by atoms with van der Waals surface area (Å²) < 4.78 is 5.54. The zero-order valence-electron chi connectivity index (χ0n) is 9.89. The summed E-state index contributed by atoms with van der Waals surface area (Å²) in [5.41, 5.74) is 1.05. The molecule has 0 aromatic rings. The molecule has 0 aromatic heterocycles. The summed E-state index contributed by atoms with van der Waals surface area (Å²) in [5.74, 6) is 1.65. The van der Waals surface area contributed by atoms with Crippen LogP contribution in [0.25, 0.3) is 0 Å². The largest absolute Gasteiger partial charge is 0.498 e. The summed E-state index contributed by atoms with van der Waals surface area (Å²) in [5, 5.41) is 3.05. The molecule has 0 bridgehead atoms. The Morgan fingerprint density at radius 3 is 2.64 bits per heavy atom. The smallest absolute Gasteiger partial charge is 0.0931 e. The Hall–Kier alpha value is -0.760. The van der Waals surface area contributed by atoms with Crippen molar-refractivity contribution in [3.63, 3.8) is 0 Å². The lowest BCUT2D eigenvalue weighted by Crippen LogP contribution is -2.09. The van der Waals surface area contributed by atoms with Gasteiger partial charge in [-0.25, -0.2) is 0 Å². The molecule has 2 nitrogen and oxygen atoms in total. The van der Waals surface area contributed by atoms with Crippen LogP contribution in [0.5, 0.6) is 0 Å². The normalized spacial score (nSPS) is 11.9. The molecule has 0 spiro atoms.